The van der Waals surface area contributed by atoms with Crippen LogP contribution in [-0.4, -0.2) is 73.8 Å². The van der Waals surface area contributed by atoms with Crippen LogP contribution in [-0.2, 0) is 0 Å². The summed E-state index contributed by atoms with van der Waals surface area (Å²) in [5, 5.41) is 23.7. The van der Waals surface area contributed by atoms with Crippen LogP contribution in [0.5, 0.6) is 17.4 Å². The maximum absolute atomic E-state index is 10.8. The van der Waals surface area contributed by atoms with E-state index in [1.165, 1.54) is 7.11 Å². The Bertz CT molecular complexity index is 1050. The van der Waals surface area contributed by atoms with E-state index in [-0.39, 0.29) is 6.10 Å². The average molecular weight is 466 g/mol. The van der Waals surface area contributed by atoms with Gasteiger partial charge in [-0.25, -0.2) is 4.98 Å². The highest BCUT2D eigenvalue weighted by atomic mass is 16.5. The molecule has 0 aliphatic carbocycles. The quantitative estimate of drug-likeness (QED) is 0.665. The van der Waals surface area contributed by atoms with Gasteiger partial charge in [0.2, 0.25) is 5.88 Å². The summed E-state index contributed by atoms with van der Waals surface area (Å²) in [6.07, 6.45) is 4.24. The first-order valence-corrected chi connectivity index (χ1v) is 11.9. The van der Waals surface area contributed by atoms with Gasteiger partial charge >= 0.3 is 0 Å². The Morgan fingerprint density at radius 3 is 2.88 bits per heavy atom. The van der Waals surface area contributed by atoms with Crippen LogP contribution in [0.15, 0.2) is 30.5 Å². The van der Waals surface area contributed by atoms with Crippen molar-refractivity contribution in [3.8, 4) is 23.4 Å². The zero-order chi connectivity index (χ0) is 23.5. The molecule has 0 radical (unpaired) electrons. The average Bonchev–Trinajstić information content (AvgIpc) is 3.36. The lowest BCUT2D eigenvalue weighted by molar-refractivity contribution is -0.0400. The van der Waals surface area contributed by atoms with Crippen LogP contribution in [0.3, 0.4) is 0 Å². The minimum atomic E-state index is -0.403. The molecular weight excluding hydrogens is 434 g/mol. The third kappa shape index (κ3) is 4.62. The highest BCUT2D eigenvalue weighted by Gasteiger charge is 2.33. The largest absolute Gasteiger partial charge is 0.490 e. The fourth-order valence-corrected chi connectivity index (χ4v) is 5.09. The summed E-state index contributed by atoms with van der Waals surface area (Å²) in [5.41, 5.74) is 2.07. The van der Waals surface area contributed by atoms with Crippen molar-refractivity contribution in [2.75, 3.05) is 51.3 Å². The number of piperidine rings is 1. The topological polar surface area (TPSA) is 103 Å². The van der Waals surface area contributed by atoms with Crippen LogP contribution >= 0.6 is 0 Å². The van der Waals surface area contributed by atoms with Crippen molar-refractivity contribution in [3.05, 3.63) is 36.0 Å². The molecule has 2 N–H and O–H groups in total. The second-order valence-electron chi connectivity index (χ2n) is 9.02. The zero-order valence-corrected chi connectivity index (χ0v) is 19.4. The van der Waals surface area contributed by atoms with Crippen molar-refractivity contribution in [3.63, 3.8) is 0 Å². The van der Waals surface area contributed by atoms with Gasteiger partial charge in [-0.15, -0.1) is 0 Å². The van der Waals surface area contributed by atoms with Crippen molar-refractivity contribution in [2.45, 2.75) is 31.6 Å². The number of hydrogen-bond donors (Lipinski definition) is 2. The summed E-state index contributed by atoms with van der Waals surface area (Å²) in [6, 6.07) is 9.77. The molecule has 0 spiro atoms. The van der Waals surface area contributed by atoms with Gasteiger partial charge in [0.05, 0.1) is 31.2 Å². The fraction of sp³-hybridized carbons (Fsp3) is 0.520. The molecule has 2 fully saturated rings. The summed E-state index contributed by atoms with van der Waals surface area (Å²) < 4.78 is 17.4. The first-order valence-electron chi connectivity index (χ1n) is 11.9. The highest BCUT2D eigenvalue weighted by Crippen LogP contribution is 2.40. The highest BCUT2D eigenvalue weighted by molar-refractivity contribution is 5.72. The molecular formula is C25H31N5O4. The van der Waals surface area contributed by atoms with E-state index < -0.39 is 6.23 Å². The van der Waals surface area contributed by atoms with Crippen molar-refractivity contribution in [1.29, 1.82) is 5.26 Å². The van der Waals surface area contributed by atoms with E-state index in [1.54, 1.807) is 12.3 Å². The number of fused-ring (bicyclic) bond motifs is 1. The first kappa shape index (κ1) is 22.7. The number of pyridine rings is 1. The lowest BCUT2D eigenvalue weighted by Gasteiger charge is -2.33. The van der Waals surface area contributed by atoms with Crippen LogP contribution in [0.4, 0.5) is 11.4 Å². The number of aromatic nitrogens is 1. The second kappa shape index (κ2) is 10.1. The predicted molar refractivity (Wildman–Crippen MR) is 127 cm³/mol. The number of methoxy groups -OCH3 is 1. The number of anilines is 2. The number of hydrogen-bond acceptors (Lipinski definition) is 9. The number of ether oxygens (including phenoxy) is 3. The molecule has 0 amide bonds. The third-order valence-corrected chi connectivity index (χ3v) is 6.91. The molecule has 5 rings (SSSR count). The Morgan fingerprint density at radius 2 is 2.09 bits per heavy atom. The molecule has 4 heterocycles. The normalized spacial score (nSPS) is 21.9. The van der Waals surface area contributed by atoms with E-state index in [2.05, 4.69) is 26.2 Å². The number of benzene rings is 1. The molecule has 3 aliphatic rings. The van der Waals surface area contributed by atoms with Crippen LogP contribution < -0.4 is 24.4 Å². The van der Waals surface area contributed by atoms with E-state index in [0.717, 1.165) is 68.3 Å². The van der Waals surface area contributed by atoms with E-state index >= 15 is 0 Å². The summed E-state index contributed by atoms with van der Waals surface area (Å²) in [6.45, 7) is 4.68. The van der Waals surface area contributed by atoms with Crippen LogP contribution in [0.1, 0.15) is 24.8 Å². The van der Waals surface area contributed by atoms with Crippen molar-refractivity contribution in [2.24, 2.45) is 5.92 Å². The molecule has 34 heavy (non-hydrogen) atoms. The standard InChI is InChI=1S/C25H31N5O4/c1-32-24-18(14-26)12-19(15-28-24)30-10-11-33-23-3-2-20(13-22(23)30)34-21-6-9-29(16-21)25(31)17-4-7-27-8-5-17/h2-3,12-13,15,17,21,25,27,31H,4-11,16H2,1H3. The smallest absolute Gasteiger partial charge is 0.231 e. The molecule has 180 valence electrons. The molecule has 2 atom stereocenters. The lowest BCUT2D eigenvalue weighted by Crippen LogP contribution is -2.44. The molecule has 1 aromatic heterocycles. The SMILES string of the molecule is COc1ncc(N2CCOc3ccc(OC4CCN(C(O)C5CCNCC5)C4)cc32)cc1C#N. The number of aliphatic hydroxyl groups excluding tert-OH is 1. The molecule has 1 aromatic carbocycles. The van der Waals surface area contributed by atoms with Crippen molar-refractivity contribution >= 4 is 11.4 Å². The maximum Gasteiger partial charge on any atom is 0.231 e. The number of rotatable bonds is 6. The van der Waals surface area contributed by atoms with Gasteiger partial charge in [-0.1, -0.05) is 0 Å². The van der Waals surface area contributed by atoms with Gasteiger partial charge in [0.1, 0.15) is 42.1 Å². The molecule has 2 aromatic rings. The van der Waals surface area contributed by atoms with E-state index in [0.29, 0.717) is 30.5 Å². The number of nitrogens with one attached hydrogen (secondary N) is 1. The van der Waals surface area contributed by atoms with E-state index in [9.17, 15) is 10.4 Å². The minimum Gasteiger partial charge on any atom is -0.490 e. The number of aliphatic hydroxyl groups is 1. The van der Waals surface area contributed by atoms with Gasteiger partial charge in [0, 0.05) is 25.1 Å². The van der Waals surface area contributed by atoms with Gasteiger partial charge in [0.15, 0.2) is 0 Å². The molecule has 9 heteroatoms. The first-order chi connectivity index (χ1) is 16.7. The van der Waals surface area contributed by atoms with Crippen LogP contribution in [0, 0.1) is 17.2 Å². The number of nitriles is 1. The maximum atomic E-state index is 10.8. The van der Waals surface area contributed by atoms with Gasteiger partial charge in [0.25, 0.3) is 0 Å². The predicted octanol–water partition coefficient (Wildman–Crippen LogP) is 2.26. The summed E-state index contributed by atoms with van der Waals surface area (Å²) in [4.78, 5) is 8.53. The Kier molecular flexibility index (Phi) is 6.72. The van der Waals surface area contributed by atoms with Gasteiger partial charge in [-0.3, -0.25) is 4.90 Å². The molecule has 0 saturated carbocycles. The molecule has 2 saturated heterocycles. The Balaban J connectivity index is 1.30. The molecule has 3 aliphatic heterocycles. The minimum absolute atomic E-state index is 0.0280. The fourth-order valence-electron chi connectivity index (χ4n) is 5.09. The summed E-state index contributed by atoms with van der Waals surface area (Å²) >= 11 is 0. The van der Waals surface area contributed by atoms with Gasteiger partial charge in [-0.05, 0) is 50.6 Å². The Labute approximate surface area is 199 Å². The van der Waals surface area contributed by atoms with Crippen molar-refractivity contribution in [1.82, 2.24) is 15.2 Å². The Hall–Kier alpha value is -3.06. The van der Waals surface area contributed by atoms with Crippen molar-refractivity contribution < 1.29 is 19.3 Å². The summed E-state index contributed by atoms with van der Waals surface area (Å²) in [7, 11) is 1.51. The number of nitrogens with zero attached hydrogens (tertiary/aromatic N) is 4. The van der Waals surface area contributed by atoms with Gasteiger partial charge < -0.3 is 29.5 Å². The second-order valence-corrected chi connectivity index (χ2v) is 9.02. The van der Waals surface area contributed by atoms with E-state index in [1.807, 2.05) is 18.2 Å². The Morgan fingerprint density at radius 1 is 1.24 bits per heavy atom. The van der Waals surface area contributed by atoms with E-state index in [4.69, 9.17) is 14.2 Å². The molecule has 9 nitrogen and oxygen atoms in total. The monoisotopic (exact) mass is 465 g/mol. The summed E-state index contributed by atoms with van der Waals surface area (Å²) in [5.74, 6) is 2.17. The molecule has 2 unspecified atom stereocenters. The number of likely N-dealkylation sites (tertiary alicyclic amines) is 1. The van der Waals surface area contributed by atoms with Gasteiger partial charge in [-0.2, -0.15) is 5.26 Å². The zero-order valence-electron chi connectivity index (χ0n) is 19.4. The van der Waals surface area contributed by atoms with Crippen LogP contribution in [0.25, 0.3) is 0 Å². The lowest BCUT2D eigenvalue weighted by atomic mass is 9.95. The molecule has 0 bridgehead atoms. The van der Waals surface area contributed by atoms with Crippen LogP contribution in [0.2, 0.25) is 0 Å². The third-order valence-electron chi connectivity index (χ3n) is 6.91.